The number of anilines is 1. The van der Waals surface area contributed by atoms with Crippen LogP contribution < -0.4 is 5.32 Å². The molecule has 0 bridgehead atoms. The van der Waals surface area contributed by atoms with Gasteiger partial charge >= 0.3 is 11.9 Å². The number of rotatable bonds is 4. The van der Waals surface area contributed by atoms with E-state index in [9.17, 15) is 24.9 Å². The Morgan fingerprint density at radius 2 is 1.77 bits per heavy atom. The molecule has 1 aliphatic rings. The quantitative estimate of drug-likeness (QED) is 0.676. The largest absolute Gasteiger partial charge is 0.479 e. The lowest BCUT2D eigenvalue weighted by molar-refractivity contribution is -0.158. The molecule has 1 aromatic rings. The molecule has 1 aliphatic carbocycles. The van der Waals surface area contributed by atoms with E-state index in [0.29, 0.717) is 5.69 Å². The van der Waals surface area contributed by atoms with Crippen LogP contribution in [0.1, 0.15) is 13.8 Å². The smallest absolute Gasteiger partial charge is 0.340 e. The Bertz CT molecular complexity index is 677. The van der Waals surface area contributed by atoms with Gasteiger partial charge in [0.2, 0.25) is 0 Å². The molecule has 22 heavy (non-hydrogen) atoms. The van der Waals surface area contributed by atoms with E-state index in [1.54, 1.807) is 24.3 Å². The van der Waals surface area contributed by atoms with Crippen LogP contribution in [0.4, 0.5) is 5.69 Å². The van der Waals surface area contributed by atoms with Crippen molar-refractivity contribution in [2.45, 2.75) is 19.4 Å². The second-order valence-corrected chi connectivity index (χ2v) is 5.23. The number of allylic oxidation sites excluding steroid dienone is 1. The first-order valence-electron chi connectivity index (χ1n) is 6.72. The molecule has 0 aliphatic heterocycles. The third-order valence-corrected chi connectivity index (χ3v) is 3.99. The molecule has 2 unspecified atom stereocenters. The summed E-state index contributed by atoms with van der Waals surface area (Å²) in [5.74, 6) is -3.80. The van der Waals surface area contributed by atoms with Crippen LogP contribution in [0.25, 0.3) is 0 Å². The Morgan fingerprint density at radius 3 is 2.27 bits per heavy atom. The lowest BCUT2D eigenvalue weighted by Gasteiger charge is -2.36. The van der Waals surface area contributed by atoms with Crippen molar-refractivity contribution in [1.29, 1.82) is 0 Å². The van der Waals surface area contributed by atoms with Gasteiger partial charge in [-0.05, 0) is 30.7 Å². The molecule has 0 saturated carbocycles. The minimum Gasteiger partial charge on any atom is -0.479 e. The Hall–Kier alpha value is -2.60. The van der Waals surface area contributed by atoms with E-state index in [-0.39, 0.29) is 16.8 Å². The van der Waals surface area contributed by atoms with Crippen molar-refractivity contribution in [3.05, 3.63) is 53.3 Å². The molecule has 1 aromatic carbocycles. The second-order valence-electron chi connectivity index (χ2n) is 5.23. The summed E-state index contributed by atoms with van der Waals surface area (Å²) in [5, 5.41) is 32.2. The van der Waals surface area contributed by atoms with Gasteiger partial charge in [-0.3, -0.25) is 0 Å². The van der Waals surface area contributed by atoms with Gasteiger partial charge in [0.05, 0.1) is 0 Å². The number of aliphatic hydroxyl groups is 1. The van der Waals surface area contributed by atoms with Crippen molar-refractivity contribution in [3.8, 4) is 0 Å². The summed E-state index contributed by atoms with van der Waals surface area (Å²) >= 11 is 0. The number of carbonyl (C=O) groups is 2. The summed E-state index contributed by atoms with van der Waals surface area (Å²) in [4.78, 5) is 22.9. The molecular weight excluding hydrogens is 286 g/mol. The van der Waals surface area contributed by atoms with Crippen molar-refractivity contribution in [2.75, 3.05) is 5.32 Å². The average Bonchev–Trinajstić information content (AvgIpc) is 2.48. The topological polar surface area (TPSA) is 107 Å². The number of hydrogen-bond donors (Lipinski definition) is 4. The van der Waals surface area contributed by atoms with E-state index in [4.69, 9.17) is 0 Å². The van der Waals surface area contributed by atoms with Gasteiger partial charge in [0, 0.05) is 22.9 Å². The first-order valence-corrected chi connectivity index (χ1v) is 6.72. The number of aliphatic carboxylic acids is 2. The summed E-state index contributed by atoms with van der Waals surface area (Å²) in [5.41, 5.74) is -1.32. The number of benzene rings is 1. The number of hydrogen-bond acceptors (Lipinski definition) is 4. The maximum atomic E-state index is 11.5. The summed E-state index contributed by atoms with van der Waals surface area (Å²) in [6.07, 6.45) is 1.37. The van der Waals surface area contributed by atoms with Crippen molar-refractivity contribution in [1.82, 2.24) is 0 Å². The van der Waals surface area contributed by atoms with Crippen LogP contribution in [0.15, 0.2) is 53.3 Å². The van der Waals surface area contributed by atoms with E-state index in [2.05, 4.69) is 5.32 Å². The number of carboxylic acid groups (broad SMARTS) is 2. The van der Waals surface area contributed by atoms with Crippen molar-refractivity contribution in [2.24, 2.45) is 5.92 Å². The van der Waals surface area contributed by atoms with Gasteiger partial charge in [0.1, 0.15) is 0 Å². The van der Waals surface area contributed by atoms with E-state index in [0.717, 1.165) is 0 Å². The Morgan fingerprint density at radius 1 is 1.18 bits per heavy atom. The zero-order valence-corrected chi connectivity index (χ0v) is 12.2. The first-order chi connectivity index (χ1) is 10.3. The molecule has 0 spiro atoms. The van der Waals surface area contributed by atoms with Crippen LogP contribution in [0, 0.1) is 5.92 Å². The van der Waals surface area contributed by atoms with E-state index < -0.39 is 23.5 Å². The lowest BCUT2D eigenvalue weighted by Crippen LogP contribution is -2.50. The molecule has 0 saturated heterocycles. The second kappa shape index (κ2) is 5.65. The molecule has 0 amide bonds. The number of para-hydroxylation sites is 1. The van der Waals surface area contributed by atoms with Crippen LogP contribution in [0.2, 0.25) is 0 Å². The van der Waals surface area contributed by atoms with Crippen LogP contribution in [0.5, 0.6) is 0 Å². The highest BCUT2D eigenvalue weighted by Gasteiger charge is 2.49. The zero-order valence-electron chi connectivity index (χ0n) is 12.2. The fourth-order valence-corrected chi connectivity index (χ4v) is 2.54. The fourth-order valence-electron chi connectivity index (χ4n) is 2.54. The molecule has 0 aromatic heterocycles. The Labute approximate surface area is 127 Å². The molecule has 0 heterocycles. The minimum atomic E-state index is -2.26. The number of carboxylic acids is 2. The molecule has 2 rings (SSSR count). The van der Waals surface area contributed by atoms with Gasteiger partial charge in [0.15, 0.2) is 5.60 Å². The van der Waals surface area contributed by atoms with Crippen LogP contribution in [-0.2, 0) is 9.59 Å². The highest BCUT2D eigenvalue weighted by Crippen LogP contribution is 2.38. The van der Waals surface area contributed by atoms with Crippen molar-refractivity contribution in [3.63, 3.8) is 0 Å². The maximum absolute atomic E-state index is 11.5. The van der Waals surface area contributed by atoms with Crippen LogP contribution in [-0.4, -0.2) is 32.9 Å². The summed E-state index contributed by atoms with van der Waals surface area (Å²) < 4.78 is 0. The molecule has 116 valence electrons. The van der Waals surface area contributed by atoms with Gasteiger partial charge in [-0.15, -0.1) is 0 Å². The zero-order chi connectivity index (χ0) is 16.5. The predicted molar refractivity (Wildman–Crippen MR) is 80.2 cm³/mol. The Kier molecular flexibility index (Phi) is 4.05. The molecule has 6 heteroatoms. The standard InChI is InChI=1S/C16H17NO5/c1-9-12(14(18)19)8-13(10(2)16(9,22)15(20)21)17-11-6-4-3-5-7-11/h3-9,17,22H,1-2H3,(H,18,19)(H,20,21). The third kappa shape index (κ3) is 2.48. The van der Waals surface area contributed by atoms with Crippen LogP contribution >= 0.6 is 0 Å². The lowest BCUT2D eigenvalue weighted by atomic mass is 9.73. The van der Waals surface area contributed by atoms with Gasteiger partial charge in [-0.1, -0.05) is 25.1 Å². The summed E-state index contributed by atoms with van der Waals surface area (Å²) in [7, 11) is 0. The van der Waals surface area contributed by atoms with Gasteiger partial charge in [-0.25, -0.2) is 9.59 Å². The minimum absolute atomic E-state index is 0.158. The van der Waals surface area contributed by atoms with Crippen molar-refractivity contribution >= 4 is 17.6 Å². The van der Waals surface area contributed by atoms with Gasteiger partial charge in [-0.2, -0.15) is 0 Å². The normalized spacial score (nSPS) is 24.7. The summed E-state index contributed by atoms with van der Waals surface area (Å²) in [6, 6.07) is 8.91. The molecule has 0 radical (unpaired) electrons. The maximum Gasteiger partial charge on any atom is 0.340 e. The SMILES string of the molecule is CC1=C(Nc2ccccc2)C=C(C(=O)O)C(C)C1(O)C(=O)O. The molecule has 6 nitrogen and oxygen atoms in total. The van der Waals surface area contributed by atoms with E-state index in [1.807, 2.05) is 6.07 Å². The fraction of sp³-hybridized carbons (Fsp3) is 0.250. The molecule has 2 atom stereocenters. The highest BCUT2D eigenvalue weighted by molar-refractivity contribution is 5.93. The Balaban J connectivity index is 2.55. The van der Waals surface area contributed by atoms with Gasteiger partial charge in [0.25, 0.3) is 0 Å². The van der Waals surface area contributed by atoms with Crippen LogP contribution in [0.3, 0.4) is 0 Å². The van der Waals surface area contributed by atoms with E-state index in [1.165, 1.54) is 19.9 Å². The average molecular weight is 303 g/mol. The van der Waals surface area contributed by atoms with Crippen molar-refractivity contribution < 1.29 is 24.9 Å². The number of nitrogens with one attached hydrogen (secondary N) is 1. The third-order valence-electron chi connectivity index (χ3n) is 3.99. The monoisotopic (exact) mass is 303 g/mol. The van der Waals surface area contributed by atoms with E-state index >= 15 is 0 Å². The first kappa shape index (κ1) is 15.8. The predicted octanol–water partition coefficient (Wildman–Crippen LogP) is 1.85. The molecule has 0 fully saturated rings. The summed E-state index contributed by atoms with van der Waals surface area (Å²) in [6.45, 7) is 2.86. The van der Waals surface area contributed by atoms with Gasteiger partial charge < -0.3 is 20.6 Å². The molecule has 4 N–H and O–H groups in total. The highest BCUT2D eigenvalue weighted by atomic mass is 16.4. The molecular formula is C16H17NO5.